The molecule has 2 heterocycles. The molecule has 7 heteroatoms. The fourth-order valence-electron chi connectivity index (χ4n) is 1.13. The standard InChI is InChI=1S/C10H10N6O/c17-10(12-7-9-13-15-16-14-9)4-3-8-2-1-5-11-6-8/h1-6H,7H2,(H,12,17)(H,13,14,15,16). The zero-order valence-electron chi connectivity index (χ0n) is 8.87. The van der Waals surface area contributed by atoms with Crippen molar-refractivity contribution in [3.63, 3.8) is 0 Å². The third-order valence-electron chi connectivity index (χ3n) is 1.92. The number of amides is 1. The first-order valence-corrected chi connectivity index (χ1v) is 4.93. The Hall–Kier alpha value is -2.57. The lowest BCUT2D eigenvalue weighted by Gasteiger charge is -1.96. The third-order valence-corrected chi connectivity index (χ3v) is 1.92. The number of aromatic nitrogens is 5. The molecule has 0 saturated heterocycles. The van der Waals surface area contributed by atoms with Gasteiger partial charge in [-0.3, -0.25) is 9.78 Å². The Morgan fingerprint density at radius 2 is 2.47 bits per heavy atom. The van der Waals surface area contributed by atoms with Crippen LogP contribution in [0.3, 0.4) is 0 Å². The minimum atomic E-state index is -0.223. The molecule has 1 amide bonds. The highest BCUT2D eigenvalue weighted by molar-refractivity contribution is 5.91. The summed E-state index contributed by atoms with van der Waals surface area (Å²) in [5.41, 5.74) is 0.863. The topological polar surface area (TPSA) is 96.5 Å². The maximum atomic E-state index is 11.4. The van der Waals surface area contributed by atoms with Gasteiger partial charge in [0.15, 0.2) is 5.82 Å². The van der Waals surface area contributed by atoms with E-state index in [9.17, 15) is 4.79 Å². The molecule has 0 fully saturated rings. The number of aromatic amines is 1. The molecule has 2 aromatic rings. The lowest BCUT2D eigenvalue weighted by Crippen LogP contribution is -2.20. The average Bonchev–Trinajstić information content (AvgIpc) is 2.88. The first kappa shape index (κ1) is 10.9. The molecule has 0 atom stereocenters. The molecule has 17 heavy (non-hydrogen) atoms. The number of nitrogens with zero attached hydrogens (tertiary/aromatic N) is 4. The summed E-state index contributed by atoms with van der Waals surface area (Å²) in [6.07, 6.45) is 6.45. The van der Waals surface area contributed by atoms with Crippen LogP contribution in [0.5, 0.6) is 0 Å². The predicted octanol–water partition coefficient (Wildman–Crippen LogP) is -0.0757. The van der Waals surface area contributed by atoms with E-state index in [0.29, 0.717) is 5.82 Å². The second-order valence-electron chi connectivity index (χ2n) is 3.17. The van der Waals surface area contributed by atoms with Crippen molar-refractivity contribution in [2.24, 2.45) is 0 Å². The number of H-pyrrole nitrogens is 1. The van der Waals surface area contributed by atoms with E-state index >= 15 is 0 Å². The van der Waals surface area contributed by atoms with Crippen molar-refractivity contribution in [1.29, 1.82) is 0 Å². The molecule has 86 valence electrons. The van der Waals surface area contributed by atoms with E-state index in [-0.39, 0.29) is 12.5 Å². The summed E-state index contributed by atoms with van der Waals surface area (Å²) < 4.78 is 0. The minimum absolute atomic E-state index is 0.223. The molecule has 0 aromatic carbocycles. The van der Waals surface area contributed by atoms with Crippen molar-refractivity contribution in [3.05, 3.63) is 42.0 Å². The molecule has 0 radical (unpaired) electrons. The van der Waals surface area contributed by atoms with Gasteiger partial charge in [-0.05, 0) is 17.7 Å². The van der Waals surface area contributed by atoms with Crippen LogP contribution in [0.1, 0.15) is 11.4 Å². The van der Waals surface area contributed by atoms with Gasteiger partial charge in [-0.15, -0.1) is 10.2 Å². The zero-order chi connectivity index (χ0) is 11.9. The van der Waals surface area contributed by atoms with E-state index in [1.165, 1.54) is 6.08 Å². The largest absolute Gasteiger partial charge is 0.345 e. The number of nitrogens with one attached hydrogen (secondary N) is 2. The summed E-state index contributed by atoms with van der Waals surface area (Å²) in [4.78, 5) is 15.3. The Balaban J connectivity index is 1.83. The molecule has 7 nitrogen and oxygen atoms in total. The molecule has 0 aliphatic carbocycles. The van der Waals surface area contributed by atoms with Gasteiger partial charge in [0.2, 0.25) is 5.91 Å². The van der Waals surface area contributed by atoms with Crippen molar-refractivity contribution in [2.45, 2.75) is 6.54 Å². The van der Waals surface area contributed by atoms with Crippen LogP contribution in [-0.4, -0.2) is 31.5 Å². The number of tetrazole rings is 1. The first-order valence-electron chi connectivity index (χ1n) is 4.93. The fourth-order valence-corrected chi connectivity index (χ4v) is 1.13. The zero-order valence-corrected chi connectivity index (χ0v) is 8.87. The average molecular weight is 230 g/mol. The monoisotopic (exact) mass is 230 g/mol. The quantitative estimate of drug-likeness (QED) is 0.716. The summed E-state index contributed by atoms with van der Waals surface area (Å²) in [6.45, 7) is 0.243. The van der Waals surface area contributed by atoms with Crippen molar-refractivity contribution in [3.8, 4) is 0 Å². The van der Waals surface area contributed by atoms with Crippen LogP contribution in [0.2, 0.25) is 0 Å². The maximum absolute atomic E-state index is 11.4. The van der Waals surface area contributed by atoms with Crippen LogP contribution in [0.25, 0.3) is 6.08 Å². The second-order valence-corrected chi connectivity index (χ2v) is 3.17. The van der Waals surface area contributed by atoms with Crippen molar-refractivity contribution in [1.82, 2.24) is 30.9 Å². The Morgan fingerprint density at radius 3 is 3.18 bits per heavy atom. The van der Waals surface area contributed by atoms with Crippen LogP contribution in [0.15, 0.2) is 30.6 Å². The summed E-state index contributed by atoms with van der Waals surface area (Å²) in [7, 11) is 0. The maximum Gasteiger partial charge on any atom is 0.244 e. The van der Waals surface area contributed by atoms with Gasteiger partial charge in [0.1, 0.15) is 0 Å². The van der Waals surface area contributed by atoms with Gasteiger partial charge in [0.05, 0.1) is 6.54 Å². The lowest BCUT2D eigenvalue weighted by atomic mass is 10.2. The molecule has 2 aromatic heterocycles. The normalized spacial score (nSPS) is 10.6. The molecule has 0 aliphatic rings. The van der Waals surface area contributed by atoms with Gasteiger partial charge in [-0.25, -0.2) is 0 Å². The smallest absolute Gasteiger partial charge is 0.244 e. The SMILES string of the molecule is O=C(C=Cc1cccnc1)NCc1nn[nH]n1. The van der Waals surface area contributed by atoms with Crippen LogP contribution in [-0.2, 0) is 11.3 Å². The minimum Gasteiger partial charge on any atom is -0.345 e. The highest BCUT2D eigenvalue weighted by Gasteiger charge is 1.99. The number of hydrogen-bond acceptors (Lipinski definition) is 5. The molecule has 0 spiro atoms. The van der Waals surface area contributed by atoms with Crippen LogP contribution < -0.4 is 5.32 Å². The van der Waals surface area contributed by atoms with Gasteiger partial charge >= 0.3 is 0 Å². The van der Waals surface area contributed by atoms with E-state index in [1.807, 2.05) is 6.07 Å². The number of rotatable bonds is 4. The fraction of sp³-hybridized carbons (Fsp3) is 0.100. The summed E-state index contributed by atoms with van der Waals surface area (Å²) in [5, 5.41) is 15.7. The Kier molecular flexibility index (Phi) is 3.53. The van der Waals surface area contributed by atoms with Gasteiger partial charge in [-0.1, -0.05) is 11.3 Å². The van der Waals surface area contributed by atoms with Crippen LogP contribution in [0, 0.1) is 0 Å². The summed E-state index contributed by atoms with van der Waals surface area (Å²) >= 11 is 0. The highest BCUT2D eigenvalue weighted by Crippen LogP contribution is 1.97. The molecule has 2 N–H and O–H groups in total. The number of hydrogen-bond donors (Lipinski definition) is 2. The van der Waals surface area contributed by atoms with E-state index in [1.54, 1.807) is 24.5 Å². The molecule has 0 saturated carbocycles. The lowest BCUT2D eigenvalue weighted by molar-refractivity contribution is -0.116. The first-order chi connectivity index (χ1) is 8.34. The highest BCUT2D eigenvalue weighted by atomic mass is 16.1. The van der Waals surface area contributed by atoms with Gasteiger partial charge in [-0.2, -0.15) is 5.21 Å². The van der Waals surface area contributed by atoms with E-state index in [0.717, 1.165) is 5.56 Å². The number of carbonyl (C=O) groups is 1. The Bertz CT molecular complexity index is 493. The Labute approximate surface area is 97.0 Å². The van der Waals surface area contributed by atoms with Crippen LogP contribution in [0.4, 0.5) is 0 Å². The van der Waals surface area contributed by atoms with E-state index in [4.69, 9.17) is 0 Å². The molecular formula is C10H10N6O. The van der Waals surface area contributed by atoms with E-state index in [2.05, 4.69) is 30.9 Å². The summed E-state index contributed by atoms with van der Waals surface area (Å²) in [5.74, 6) is 0.215. The van der Waals surface area contributed by atoms with E-state index < -0.39 is 0 Å². The number of pyridine rings is 1. The molecule has 0 bridgehead atoms. The Morgan fingerprint density at radius 1 is 1.53 bits per heavy atom. The van der Waals surface area contributed by atoms with Gasteiger partial charge < -0.3 is 5.32 Å². The van der Waals surface area contributed by atoms with Crippen molar-refractivity contribution >= 4 is 12.0 Å². The molecule has 0 aliphatic heterocycles. The molecule has 0 unspecified atom stereocenters. The predicted molar refractivity (Wildman–Crippen MR) is 59.3 cm³/mol. The molecular weight excluding hydrogens is 220 g/mol. The molecule has 2 rings (SSSR count). The van der Waals surface area contributed by atoms with Gasteiger partial charge in [0, 0.05) is 18.5 Å². The van der Waals surface area contributed by atoms with Gasteiger partial charge in [0.25, 0.3) is 0 Å². The van der Waals surface area contributed by atoms with Crippen molar-refractivity contribution in [2.75, 3.05) is 0 Å². The number of carbonyl (C=O) groups excluding carboxylic acids is 1. The van der Waals surface area contributed by atoms with Crippen molar-refractivity contribution < 1.29 is 4.79 Å². The third kappa shape index (κ3) is 3.49. The second kappa shape index (κ2) is 5.50. The summed E-state index contributed by atoms with van der Waals surface area (Å²) in [6, 6.07) is 3.66. The van der Waals surface area contributed by atoms with Crippen LogP contribution >= 0.6 is 0 Å².